The SMILES string of the molecule is CCc1cc(C(=O)N2CCN(C(=O)C3CSCN3)CC2)ccc1OC. The Bertz CT molecular complexity index is 638. The molecule has 0 radical (unpaired) electrons. The van der Waals surface area contributed by atoms with E-state index in [1.54, 1.807) is 18.9 Å². The van der Waals surface area contributed by atoms with Crippen LogP contribution in [0.5, 0.6) is 5.75 Å². The van der Waals surface area contributed by atoms with E-state index in [0.717, 1.165) is 29.4 Å². The maximum atomic E-state index is 12.8. The Morgan fingerprint density at radius 2 is 1.96 bits per heavy atom. The molecule has 2 saturated heterocycles. The van der Waals surface area contributed by atoms with E-state index in [1.807, 2.05) is 34.9 Å². The molecule has 0 aromatic heterocycles. The van der Waals surface area contributed by atoms with E-state index in [9.17, 15) is 9.59 Å². The smallest absolute Gasteiger partial charge is 0.253 e. The number of amides is 2. The van der Waals surface area contributed by atoms with Gasteiger partial charge in [0, 0.05) is 43.4 Å². The van der Waals surface area contributed by atoms with Crippen LogP contribution < -0.4 is 10.1 Å². The Morgan fingerprint density at radius 1 is 1.24 bits per heavy atom. The van der Waals surface area contributed by atoms with Crippen molar-refractivity contribution in [2.24, 2.45) is 0 Å². The largest absolute Gasteiger partial charge is 0.496 e. The number of methoxy groups -OCH3 is 1. The molecule has 25 heavy (non-hydrogen) atoms. The molecule has 1 N–H and O–H groups in total. The van der Waals surface area contributed by atoms with E-state index >= 15 is 0 Å². The fraction of sp³-hybridized carbons (Fsp3) is 0.556. The zero-order valence-corrected chi connectivity index (χ0v) is 15.6. The van der Waals surface area contributed by atoms with Gasteiger partial charge in [-0.05, 0) is 30.2 Å². The van der Waals surface area contributed by atoms with E-state index in [2.05, 4.69) is 5.32 Å². The van der Waals surface area contributed by atoms with Crippen molar-refractivity contribution in [2.45, 2.75) is 19.4 Å². The summed E-state index contributed by atoms with van der Waals surface area (Å²) in [6, 6.07) is 5.52. The molecular weight excluding hydrogens is 338 g/mol. The second-order valence-electron chi connectivity index (χ2n) is 6.27. The lowest BCUT2D eigenvalue weighted by atomic mass is 10.1. The molecule has 3 rings (SSSR count). The summed E-state index contributed by atoms with van der Waals surface area (Å²) >= 11 is 1.75. The van der Waals surface area contributed by atoms with E-state index < -0.39 is 0 Å². The van der Waals surface area contributed by atoms with Gasteiger partial charge in [0.15, 0.2) is 0 Å². The monoisotopic (exact) mass is 363 g/mol. The molecule has 2 amide bonds. The number of hydrogen-bond acceptors (Lipinski definition) is 5. The summed E-state index contributed by atoms with van der Waals surface area (Å²) in [7, 11) is 1.64. The maximum Gasteiger partial charge on any atom is 0.253 e. The van der Waals surface area contributed by atoms with Gasteiger partial charge in [0.25, 0.3) is 5.91 Å². The first-order chi connectivity index (χ1) is 12.1. The van der Waals surface area contributed by atoms with Crippen LogP contribution in [-0.2, 0) is 11.2 Å². The lowest BCUT2D eigenvalue weighted by Crippen LogP contribution is -2.54. The number of carbonyl (C=O) groups excluding carboxylic acids is 2. The molecule has 2 aliphatic heterocycles. The number of hydrogen-bond donors (Lipinski definition) is 1. The van der Waals surface area contributed by atoms with Crippen molar-refractivity contribution in [1.29, 1.82) is 0 Å². The molecule has 136 valence electrons. The Kier molecular flexibility index (Phi) is 5.86. The second kappa shape index (κ2) is 8.10. The van der Waals surface area contributed by atoms with E-state index in [0.29, 0.717) is 31.7 Å². The lowest BCUT2D eigenvalue weighted by molar-refractivity contribution is -0.134. The minimum Gasteiger partial charge on any atom is -0.496 e. The third-order valence-corrected chi connectivity index (χ3v) is 5.74. The molecule has 1 aromatic rings. The van der Waals surface area contributed by atoms with Gasteiger partial charge in [0.1, 0.15) is 5.75 Å². The van der Waals surface area contributed by atoms with Gasteiger partial charge in [0.05, 0.1) is 13.2 Å². The Labute approximate surface area is 152 Å². The molecule has 2 fully saturated rings. The molecule has 2 aliphatic rings. The summed E-state index contributed by atoms with van der Waals surface area (Å²) in [5, 5.41) is 3.22. The summed E-state index contributed by atoms with van der Waals surface area (Å²) in [5.41, 5.74) is 1.72. The molecule has 6 nitrogen and oxygen atoms in total. The summed E-state index contributed by atoms with van der Waals surface area (Å²) in [6.07, 6.45) is 0.818. The van der Waals surface area contributed by atoms with Crippen LogP contribution in [-0.4, -0.2) is 72.6 Å². The molecule has 1 aromatic carbocycles. The fourth-order valence-corrected chi connectivity index (χ4v) is 4.21. The van der Waals surface area contributed by atoms with Crippen molar-refractivity contribution in [3.8, 4) is 5.75 Å². The van der Waals surface area contributed by atoms with Crippen molar-refractivity contribution in [3.05, 3.63) is 29.3 Å². The van der Waals surface area contributed by atoms with Crippen LogP contribution in [0.3, 0.4) is 0 Å². The normalized spacial score (nSPS) is 20.6. The topological polar surface area (TPSA) is 61.9 Å². The highest BCUT2D eigenvalue weighted by molar-refractivity contribution is 7.99. The van der Waals surface area contributed by atoms with E-state index in [4.69, 9.17) is 4.74 Å². The average molecular weight is 363 g/mol. The quantitative estimate of drug-likeness (QED) is 0.871. The first-order valence-corrected chi connectivity index (χ1v) is 9.85. The van der Waals surface area contributed by atoms with Gasteiger partial charge >= 0.3 is 0 Å². The Hall–Kier alpha value is -1.73. The van der Waals surface area contributed by atoms with Gasteiger partial charge in [-0.15, -0.1) is 11.8 Å². The van der Waals surface area contributed by atoms with Crippen LogP contribution in [0.2, 0.25) is 0 Å². The van der Waals surface area contributed by atoms with Crippen LogP contribution in [0.25, 0.3) is 0 Å². The van der Waals surface area contributed by atoms with Gasteiger partial charge < -0.3 is 14.5 Å². The summed E-state index contributed by atoms with van der Waals surface area (Å²) < 4.78 is 5.33. The van der Waals surface area contributed by atoms with Gasteiger partial charge in [-0.2, -0.15) is 0 Å². The fourth-order valence-electron chi connectivity index (χ4n) is 3.27. The van der Waals surface area contributed by atoms with Crippen molar-refractivity contribution in [2.75, 3.05) is 44.9 Å². The summed E-state index contributed by atoms with van der Waals surface area (Å²) in [5.74, 6) is 2.68. The average Bonchev–Trinajstić information content (AvgIpc) is 3.21. The highest BCUT2D eigenvalue weighted by Gasteiger charge is 2.30. The molecule has 7 heteroatoms. The van der Waals surface area contributed by atoms with Gasteiger partial charge in [-0.1, -0.05) is 6.92 Å². The van der Waals surface area contributed by atoms with Gasteiger partial charge in [-0.25, -0.2) is 0 Å². The zero-order chi connectivity index (χ0) is 17.8. The van der Waals surface area contributed by atoms with E-state index in [1.165, 1.54) is 0 Å². The molecule has 0 saturated carbocycles. The number of thioether (sulfide) groups is 1. The molecular formula is C18H25N3O3S. The number of benzene rings is 1. The minimum absolute atomic E-state index is 0.0269. The number of piperazine rings is 1. The molecule has 0 spiro atoms. The number of nitrogens with one attached hydrogen (secondary N) is 1. The number of rotatable bonds is 4. The first kappa shape index (κ1) is 18.1. The standard InChI is InChI=1S/C18H25N3O3S/c1-3-13-10-14(4-5-16(13)24-2)17(22)20-6-8-21(9-7-20)18(23)15-11-25-12-19-15/h4-5,10,15,19H,3,6-9,11-12H2,1-2H3. The van der Waals surface area contributed by atoms with Crippen molar-refractivity contribution in [3.63, 3.8) is 0 Å². The summed E-state index contributed by atoms with van der Waals surface area (Å²) in [6.45, 7) is 4.41. The number of carbonyl (C=O) groups is 2. The highest BCUT2D eigenvalue weighted by Crippen LogP contribution is 2.22. The predicted octanol–water partition coefficient (Wildman–Crippen LogP) is 1.20. The molecule has 1 unspecified atom stereocenters. The van der Waals surface area contributed by atoms with Crippen LogP contribution >= 0.6 is 11.8 Å². The number of ether oxygens (including phenoxy) is 1. The van der Waals surface area contributed by atoms with Crippen LogP contribution in [0, 0.1) is 0 Å². The molecule has 2 heterocycles. The molecule has 0 aliphatic carbocycles. The number of aryl methyl sites for hydroxylation is 1. The highest BCUT2D eigenvalue weighted by atomic mass is 32.2. The van der Waals surface area contributed by atoms with Crippen LogP contribution in [0.1, 0.15) is 22.8 Å². The Morgan fingerprint density at radius 3 is 2.56 bits per heavy atom. The Balaban J connectivity index is 1.60. The third kappa shape index (κ3) is 3.93. The maximum absolute atomic E-state index is 12.8. The van der Waals surface area contributed by atoms with Crippen LogP contribution in [0.4, 0.5) is 0 Å². The minimum atomic E-state index is -0.0686. The van der Waals surface area contributed by atoms with Crippen molar-refractivity contribution in [1.82, 2.24) is 15.1 Å². The summed E-state index contributed by atoms with van der Waals surface area (Å²) in [4.78, 5) is 28.9. The van der Waals surface area contributed by atoms with Crippen molar-refractivity contribution >= 4 is 23.6 Å². The van der Waals surface area contributed by atoms with E-state index in [-0.39, 0.29) is 17.9 Å². The third-order valence-electron chi connectivity index (χ3n) is 4.80. The number of nitrogens with zero attached hydrogens (tertiary/aromatic N) is 2. The van der Waals surface area contributed by atoms with Gasteiger partial charge in [-0.3, -0.25) is 14.9 Å². The van der Waals surface area contributed by atoms with Crippen LogP contribution in [0.15, 0.2) is 18.2 Å². The molecule has 0 bridgehead atoms. The lowest BCUT2D eigenvalue weighted by Gasteiger charge is -2.36. The second-order valence-corrected chi connectivity index (χ2v) is 7.30. The van der Waals surface area contributed by atoms with Gasteiger partial charge in [0.2, 0.25) is 5.91 Å². The zero-order valence-electron chi connectivity index (χ0n) is 14.8. The van der Waals surface area contributed by atoms with Crippen molar-refractivity contribution < 1.29 is 14.3 Å². The molecule has 1 atom stereocenters. The predicted molar refractivity (Wildman–Crippen MR) is 99.1 cm³/mol. The first-order valence-electron chi connectivity index (χ1n) is 8.70.